The van der Waals surface area contributed by atoms with Gasteiger partial charge >= 0.3 is 0 Å². The van der Waals surface area contributed by atoms with Crippen molar-refractivity contribution in [2.24, 2.45) is 11.8 Å². The van der Waals surface area contributed by atoms with Gasteiger partial charge in [-0.05, 0) is 44.0 Å². The van der Waals surface area contributed by atoms with Crippen molar-refractivity contribution in [2.45, 2.75) is 26.3 Å². The number of ether oxygens (including phenoxy) is 1. The molecule has 2 rings (SSSR count). The van der Waals surface area contributed by atoms with E-state index in [0.717, 1.165) is 30.8 Å². The minimum absolute atomic E-state index is 0.0939. The predicted molar refractivity (Wildman–Crippen MR) is 84.5 cm³/mol. The highest BCUT2D eigenvalue weighted by Gasteiger charge is 2.31. The number of benzene rings is 1. The van der Waals surface area contributed by atoms with Crippen molar-refractivity contribution in [1.29, 1.82) is 0 Å². The van der Waals surface area contributed by atoms with E-state index in [1.54, 1.807) is 7.11 Å². The van der Waals surface area contributed by atoms with Gasteiger partial charge in [-0.1, -0.05) is 25.1 Å². The Morgan fingerprint density at radius 2 is 2.05 bits per heavy atom. The SMILES string of the molecule is COc1ccccc1CC(C)N(C)C(=O)C(C)C1CNC1. The summed E-state index contributed by atoms with van der Waals surface area (Å²) in [5.74, 6) is 1.71. The Labute approximate surface area is 127 Å². The van der Waals surface area contributed by atoms with E-state index < -0.39 is 0 Å². The Morgan fingerprint density at radius 1 is 1.38 bits per heavy atom. The summed E-state index contributed by atoms with van der Waals surface area (Å²) in [4.78, 5) is 14.4. The van der Waals surface area contributed by atoms with Crippen LogP contribution in [0.25, 0.3) is 0 Å². The van der Waals surface area contributed by atoms with Gasteiger partial charge in [0.25, 0.3) is 0 Å². The van der Waals surface area contributed by atoms with Gasteiger partial charge in [-0.3, -0.25) is 4.79 Å². The molecule has 0 aliphatic carbocycles. The van der Waals surface area contributed by atoms with Crippen LogP contribution in [0.3, 0.4) is 0 Å². The molecule has 1 N–H and O–H groups in total. The topological polar surface area (TPSA) is 41.6 Å². The third-order valence-corrected chi connectivity index (χ3v) is 4.63. The first-order valence-electron chi connectivity index (χ1n) is 7.63. The molecule has 0 bridgehead atoms. The van der Waals surface area contributed by atoms with Gasteiger partial charge in [-0.25, -0.2) is 0 Å². The third kappa shape index (κ3) is 3.56. The zero-order valence-electron chi connectivity index (χ0n) is 13.4. The van der Waals surface area contributed by atoms with Crippen LogP contribution in [0.5, 0.6) is 5.75 Å². The molecule has 1 aromatic rings. The smallest absolute Gasteiger partial charge is 0.225 e. The number of rotatable bonds is 6. The number of hydrogen-bond acceptors (Lipinski definition) is 3. The molecule has 0 radical (unpaired) electrons. The van der Waals surface area contributed by atoms with Crippen LogP contribution in [0.4, 0.5) is 0 Å². The van der Waals surface area contributed by atoms with E-state index in [1.165, 1.54) is 0 Å². The van der Waals surface area contributed by atoms with Crippen LogP contribution in [0.15, 0.2) is 24.3 Å². The summed E-state index contributed by atoms with van der Waals surface area (Å²) in [6, 6.07) is 8.16. The highest BCUT2D eigenvalue weighted by Crippen LogP contribution is 2.23. The Bertz CT molecular complexity index is 485. The van der Waals surface area contributed by atoms with Crippen molar-refractivity contribution in [3.8, 4) is 5.75 Å². The predicted octanol–water partition coefficient (Wildman–Crippen LogP) is 1.94. The van der Waals surface area contributed by atoms with Crippen LogP contribution in [0.1, 0.15) is 19.4 Å². The second kappa shape index (κ2) is 6.94. The number of amides is 1. The van der Waals surface area contributed by atoms with Gasteiger partial charge < -0.3 is 15.0 Å². The van der Waals surface area contributed by atoms with Gasteiger partial charge in [0, 0.05) is 19.0 Å². The molecule has 1 saturated heterocycles. The summed E-state index contributed by atoms with van der Waals surface area (Å²) in [5.41, 5.74) is 1.14. The lowest BCUT2D eigenvalue weighted by molar-refractivity contribution is -0.137. The zero-order valence-corrected chi connectivity index (χ0v) is 13.4. The number of hydrogen-bond donors (Lipinski definition) is 1. The molecule has 0 aromatic heterocycles. The first kappa shape index (κ1) is 15.8. The van der Waals surface area contributed by atoms with Crippen molar-refractivity contribution in [2.75, 3.05) is 27.2 Å². The van der Waals surface area contributed by atoms with Crippen molar-refractivity contribution < 1.29 is 9.53 Å². The average molecular weight is 290 g/mol. The molecule has 4 nitrogen and oxygen atoms in total. The molecule has 1 aromatic carbocycles. The maximum absolute atomic E-state index is 12.5. The van der Waals surface area contributed by atoms with Gasteiger partial charge in [0.05, 0.1) is 7.11 Å². The molecule has 4 heteroatoms. The maximum atomic E-state index is 12.5. The fraction of sp³-hybridized carbons (Fsp3) is 0.588. The number of carbonyl (C=O) groups is 1. The molecule has 0 spiro atoms. The summed E-state index contributed by atoms with van der Waals surface area (Å²) in [7, 11) is 3.59. The number of para-hydroxylation sites is 1. The lowest BCUT2D eigenvalue weighted by atomic mass is 9.87. The van der Waals surface area contributed by atoms with Gasteiger partial charge in [0.15, 0.2) is 0 Å². The fourth-order valence-electron chi connectivity index (χ4n) is 2.73. The molecule has 1 amide bonds. The van der Waals surface area contributed by atoms with Gasteiger partial charge in [0.1, 0.15) is 5.75 Å². The Hall–Kier alpha value is -1.55. The van der Waals surface area contributed by atoms with Crippen molar-refractivity contribution in [3.05, 3.63) is 29.8 Å². The molecule has 1 aliphatic heterocycles. The Morgan fingerprint density at radius 3 is 2.62 bits per heavy atom. The summed E-state index contributed by atoms with van der Waals surface area (Å²) < 4.78 is 5.39. The standard InChI is InChI=1S/C17H26N2O2/c1-12(9-14-7-5-6-8-16(14)21-4)19(3)17(20)13(2)15-10-18-11-15/h5-8,12-13,15,18H,9-11H2,1-4H3. The maximum Gasteiger partial charge on any atom is 0.225 e. The lowest BCUT2D eigenvalue weighted by Crippen LogP contribution is -2.51. The summed E-state index contributed by atoms with van der Waals surface area (Å²) >= 11 is 0. The van der Waals surface area contributed by atoms with Crippen LogP contribution in [-0.2, 0) is 11.2 Å². The molecule has 116 valence electrons. The van der Waals surface area contributed by atoms with Crippen LogP contribution in [0.2, 0.25) is 0 Å². The van der Waals surface area contributed by atoms with E-state index in [0.29, 0.717) is 5.92 Å². The highest BCUT2D eigenvalue weighted by molar-refractivity contribution is 5.79. The van der Waals surface area contributed by atoms with E-state index in [4.69, 9.17) is 4.74 Å². The minimum atomic E-state index is 0.0939. The van der Waals surface area contributed by atoms with Crippen molar-refractivity contribution >= 4 is 5.91 Å². The molecule has 2 unspecified atom stereocenters. The van der Waals surface area contributed by atoms with E-state index in [2.05, 4.69) is 18.3 Å². The normalized spacial score (nSPS) is 17.7. The lowest BCUT2D eigenvalue weighted by Gasteiger charge is -2.35. The van der Waals surface area contributed by atoms with Crippen LogP contribution in [0, 0.1) is 11.8 Å². The van der Waals surface area contributed by atoms with Gasteiger partial charge in [0.2, 0.25) is 5.91 Å². The summed E-state index contributed by atoms with van der Waals surface area (Å²) in [6.07, 6.45) is 0.807. The number of carbonyl (C=O) groups excluding carboxylic acids is 1. The van der Waals surface area contributed by atoms with E-state index >= 15 is 0 Å². The molecule has 2 atom stereocenters. The summed E-state index contributed by atoms with van der Waals surface area (Å²) in [6.45, 7) is 6.06. The van der Waals surface area contributed by atoms with E-state index in [9.17, 15) is 4.79 Å². The quantitative estimate of drug-likeness (QED) is 0.870. The van der Waals surface area contributed by atoms with Crippen LogP contribution >= 0.6 is 0 Å². The molecule has 1 heterocycles. The first-order valence-corrected chi connectivity index (χ1v) is 7.63. The third-order valence-electron chi connectivity index (χ3n) is 4.63. The monoisotopic (exact) mass is 290 g/mol. The molecule has 0 saturated carbocycles. The average Bonchev–Trinajstić information content (AvgIpc) is 2.44. The fourth-order valence-corrected chi connectivity index (χ4v) is 2.73. The van der Waals surface area contributed by atoms with Crippen molar-refractivity contribution in [1.82, 2.24) is 10.2 Å². The minimum Gasteiger partial charge on any atom is -0.496 e. The van der Waals surface area contributed by atoms with Gasteiger partial charge in [-0.2, -0.15) is 0 Å². The second-order valence-electron chi connectivity index (χ2n) is 6.02. The van der Waals surface area contributed by atoms with Gasteiger partial charge in [-0.15, -0.1) is 0 Å². The van der Waals surface area contributed by atoms with E-state index in [-0.39, 0.29) is 17.9 Å². The number of likely N-dealkylation sites (N-methyl/N-ethyl adjacent to an activating group) is 1. The molecule has 1 aliphatic rings. The Balaban J connectivity index is 1.98. The van der Waals surface area contributed by atoms with Crippen LogP contribution in [-0.4, -0.2) is 44.1 Å². The van der Waals surface area contributed by atoms with E-state index in [1.807, 2.05) is 37.1 Å². The molecule has 21 heavy (non-hydrogen) atoms. The number of nitrogens with zero attached hydrogens (tertiary/aromatic N) is 1. The number of nitrogens with one attached hydrogen (secondary N) is 1. The highest BCUT2D eigenvalue weighted by atomic mass is 16.5. The van der Waals surface area contributed by atoms with Crippen molar-refractivity contribution in [3.63, 3.8) is 0 Å². The molecule has 1 fully saturated rings. The Kier molecular flexibility index (Phi) is 5.23. The second-order valence-corrected chi connectivity index (χ2v) is 6.02. The van der Waals surface area contributed by atoms with Crippen LogP contribution < -0.4 is 10.1 Å². The number of methoxy groups -OCH3 is 1. The largest absolute Gasteiger partial charge is 0.496 e. The molecular formula is C17H26N2O2. The molecular weight excluding hydrogens is 264 g/mol. The first-order chi connectivity index (χ1) is 10.0. The summed E-state index contributed by atoms with van der Waals surface area (Å²) in [5, 5.41) is 3.23. The zero-order chi connectivity index (χ0) is 15.4.